The van der Waals surface area contributed by atoms with E-state index >= 15 is 0 Å². The van der Waals surface area contributed by atoms with Crippen LogP contribution in [0.2, 0.25) is 0 Å². The second kappa shape index (κ2) is 9.82. The van der Waals surface area contributed by atoms with Crippen LogP contribution in [0.5, 0.6) is 5.75 Å². The zero-order valence-corrected chi connectivity index (χ0v) is 20.6. The molecule has 33 heavy (non-hydrogen) atoms. The van der Waals surface area contributed by atoms with Crippen molar-refractivity contribution in [2.24, 2.45) is 0 Å². The van der Waals surface area contributed by atoms with E-state index in [9.17, 15) is 14.7 Å². The van der Waals surface area contributed by atoms with Crippen LogP contribution in [0.25, 0.3) is 5.76 Å². The lowest BCUT2D eigenvalue weighted by Gasteiger charge is -2.26. The van der Waals surface area contributed by atoms with Crippen LogP contribution in [0, 0.1) is 6.92 Å². The molecule has 0 saturated carbocycles. The Morgan fingerprint density at radius 3 is 2.45 bits per heavy atom. The lowest BCUT2D eigenvalue weighted by atomic mass is 9.84. The second-order valence-electron chi connectivity index (χ2n) is 9.76. The minimum absolute atomic E-state index is 0.122. The molecule has 1 aliphatic rings. The molecule has 1 aliphatic heterocycles. The number of carbonyl (C=O) groups is 2. The normalized spacial score (nSPS) is 18.1. The zero-order valence-electron chi connectivity index (χ0n) is 20.6. The average molecular weight is 450 g/mol. The van der Waals surface area contributed by atoms with E-state index in [1.165, 1.54) is 0 Å². The molecular formula is C28H35NO4. The Bertz CT molecular complexity index is 1080. The molecule has 1 unspecified atom stereocenters. The highest BCUT2D eigenvalue weighted by atomic mass is 16.5. The van der Waals surface area contributed by atoms with Gasteiger partial charge in [0.2, 0.25) is 0 Å². The van der Waals surface area contributed by atoms with E-state index in [0.29, 0.717) is 17.9 Å². The van der Waals surface area contributed by atoms with Crippen molar-refractivity contribution in [3.63, 3.8) is 0 Å². The molecule has 1 atom stereocenters. The van der Waals surface area contributed by atoms with Gasteiger partial charge < -0.3 is 14.7 Å². The maximum absolute atomic E-state index is 13.3. The van der Waals surface area contributed by atoms with Crippen molar-refractivity contribution in [3.8, 4) is 5.75 Å². The summed E-state index contributed by atoms with van der Waals surface area (Å²) in [7, 11) is 1.58. The highest BCUT2D eigenvalue weighted by Gasteiger charge is 2.46. The van der Waals surface area contributed by atoms with Gasteiger partial charge in [0.1, 0.15) is 11.5 Å². The number of unbranched alkanes of at least 4 members (excludes halogenated alkanes) is 2. The molecule has 1 N–H and O–H groups in total. The van der Waals surface area contributed by atoms with E-state index in [-0.39, 0.29) is 16.7 Å². The lowest BCUT2D eigenvalue weighted by Crippen LogP contribution is -2.30. The van der Waals surface area contributed by atoms with Gasteiger partial charge in [-0.25, -0.2) is 0 Å². The molecule has 0 radical (unpaired) electrons. The molecule has 3 rings (SSSR count). The maximum Gasteiger partial charge on any atom is 0.295 e. The Balaban J connectivity index is 2.21. The number of methoxy groups -OCH3 is 1. The van der Waals surface area contributed by atoms with Crippen molar-refractivity contribution < 1.29 is 19.4 Å². The van der Waals surface area contributed by atoms with Crippen LogP contribution in [0.1, 0.15) is 75.3 Å². The number of nitrogens with zero attached hydrogens (tertiary/aromatic N) is 1. The number of hydrogen-bond donors (Lipinski definition) is 1. The number of ketones is 1. The quantitative estimate of drug-likeness (QED) is 0.247. The maximum atomic E-state index is 13.3. The van der Waals surface area contributed by atoms with Gasteiger partial charge in [0, 0.05) is 12.1 Å². The Kier molecular flexibility index (Phi) is 7.31. The number of hydrogen-bond acceptors (Lipinski definition) is 4. The molecule has 1 saturated heterocycles. The van der Waals surface area contributed by atoms with E-state index in [1.54, 1.807) is 12.0 Å². The molecule has 0 aliphatic carbocycles. The van der Waals surface area contributed by atoms with E-state index in [0.717, 1.165) is 36.0 Å². The minimum atomic E-state index is -0.658. The highest BCUT2D eigenvalue weighted by Crippen LogP contribution is 2.41. The average Bonchev–Trinajstić information content (AvgIpc) is 3.03. The summed E-state index contributed by atoms with van der Waals surface area (Å²) in [6, 6.07) is 12.6. The second-order valence-corrected chi connectivity index (χ2v) is 9.76. The van der Waals surface area contributed by atoms with Crippen molar-refractivity contribution in [1.82, 2.24) is 4.90 Å². The smallest absolute Gasteiger partial charge is 0.295 e. The van der Waals surface area contributed by atoms with Gasteiger partial charge in [0.15, 0.2) is 0 Å². The topological polar surface area (TPSA) is 66.8 Å². The SMILES string of the molecule is CCCCCN1C(=O)C(=O)/C(=C(/O)c2cc(C(C)(C)C)ccc2C)C1c1cccc(OC)c1. The number of Topliss-reactive ketones (excluding diaryl/α,β-unsaturated/α-hetero) is 1. The molecule has 2 aromatic rings. The molecular weight excluding hydrogens is 414 g/mol. The largest absolute Gasteiger partial charge is 0.507 e. The molecule has 0 spiro atoms. The fraction of sp³-hybridized carbons (Fsp3) is 0.429. The van der Waals surface area contributed by atoms with Crippen molar-refractivity contribution in [3.05, 3.63) is 70.3 Å². The Morgan fingerprint density at radius 1 is 1.09 bits per heavy atom. The lowest BCUT2D eigenvalue weighted by molar-refractivity contribution is -0.139. The number of benzene rings is 2. The van der Waals surface area contributed by atoms with E-state index in [2.05, 4.69) is 27.7 Å². The molecule has 5 nitrogen and oxygen atoms in total. The third-order valence-corrected chi connectivity index (χ3v) is 6.31. The van der Waals surface area contributed by atoms with Gasteiger partial charge >= 0.3 is 0 Å². The van der Waals surface area contributed by atoms with Crippen molar-refractivity contribution in [2.75, 3.05) is 13.7 Å². The molecule has 0 aromatic heterocycles. The standard InChI is InChI=1S/C28H35NO4/c1-7-8-9-15-29-24(19-11-10-12-21(16-19)33-6)23(26(31)27(29)32)25(30)22-17-20(28(3,4)5)14-13-18(22)2/h10-14,16-17,24,30H,7-9,15H2,1-6H3/b25-23+. The number of ether oxygens (including phenoxy) is 1. The number of aryl methyl sites for hydroxylation is 1. The van der Waals surface area contributed by atoms with Gasteiger partial charge in [0.25, 0.3) is 11.7 Å². The van der Waals surface area contributed by atoms with Crippen LogP contribution < -0.4 is 4.74 Å². The van der Waals surface area contributed by atoms with Crippen molar-refractivity contribution in [1.29, 1.82) is 0 Å². The van der Waals surface area contributed by atoms with E-state index in [4.69, 9.17) is 4.74 Å². The first-order chi connectivity index (χ1) is 15.6. The summed E-state index contributed by atoms with van der Waals surface area (Å²) in [4.78, 5) is 27.9. The number of carbonyl (C=O) groups excluding carboxylic acids is 2. The van der Waals surface area contributed by atoms with Gasteiger partial charge in [-0.05, 0) is 53.6 Å². The Hall–Kier alpha value is -3.08. The van der Waals surface area contributed by atoms with Crippen LogP contribution in [0.4, 0.5) is 0 Å². The van der Waals surface area contributed by atoms with Gasteiger partial charge in [-0.15, -0.1) is 0 Å². The zero-order chi connectivity index (χ0) is 24.3. The summed E-state index contributed by atoms with van der Waals surface area (Å²) in [5.41, 5.74) is 3.24. The summed E-state index contributed by atoms with van der Waals surface area (Å²) in [5, 5.41) is 11.5. The molecule has 1 heterocycles. The first kappa shape index (κ1) is 24.6. The van der Waals surface area contributed by atoms with Crippen LogP contribution in [0.15, 0.2) is 48.0 Å². The fourth-order valence-electron chi connectivity index (χ4n) is 4.29. The number of rotatable bonds is 7. The van der Waals surface area contributed by atoms with Crippen LogP contribution in [-0.2, 0) is 15.0 Å². The molecule has 2 aromatic carbocycles. The molecule has 1 fully saturated rings. The Morgan fingerprint density at radius 2 is 1.82 bits per heavy atom. The molecule has 176 valence electrons. The van der Waals surface area contributed by atoms with Crippen molar-refractivity contribution in [2.45, 2.75) is 65.3 Å². The van der Waals surface area contributed by atoms with Crippen LogP contribution in [0.3, 0.4) is 0 Å². The number of amides is 1. The third-order valence-electron chi connectivity index (χ3n) is 6.31. The first-order valence-electron chi connectivity index (χ1n) is 11.6. The highest BCUT2D eigenvalue weighted by molar-refractivity contribution is 6.46. The van der Waals surface area contributed by atoms with E-state index in [1.807, 2.05) is 49.4 Å². The third kappa shape index (κ3) is 4.97. The fourth-order valence-corrected chi connectivity index (χ4v) is 4.29. The molecule has 1 amide bonds. The van der Waals surface area contributed by atoms with Gasteiger partial charge in [0.05, 0.1) is 18.7 Å². The summed E-state index contributed by atoms with van der Waals surface area (Å²) in [6.07, 6.45) is 2.76. The number of aliphatic hydroxyl groups is 1. The molecule has 5 heteroatoms. The van der Waals surface area contributed by atoms with Gasteiger partial charge in [-0.3, -0.25) is 9.59 Å². The Labute approximate surface area is 197 Å². The summed E-state index contributed by atoms with van der Waals surface area (Å²) in [5.74, 6) is -0.692. The summed E-state index contributed by atoms with van der Waals surface area (Å²) < 4.78 is 5.39. The van der Waals surface area contributed by atoms with Crippen LogP contribution in [-0.4, -0.2) is 35.4 Å². The van der Waals surface area contributed by atoms with E-state index < -0.39 is 17.7 Å². The number of likely N-dealkylation sites (tertiary alicyclic amines) is 1. The monoisotopic (exact) mass is 449 g/mol. The molecule has 0 bridgehead atoms. The predicted molar refractivity (Wildman–Crippen MR) is 131 cm³/mol. The first-order valence-corrected chi connectivity index (χ1v) is 11.6. The van der Waals surface area contributed by atoms with Gasteiger partial charge in [-0.1, -0.05) is 64.8 Å². The van der Waals surface area contributed by atoms with Crippen molar-refractivity contribution >= 4 is 17.4 Å². The predicted octanol–water partition coefficient (Wildman–Crippen LogP) is 5.91. The minimum Gasteiger partial charge on any atom is -0.507 e. The summed E-state index contributed by atoms with van der Waals surface area (Å²) in [6.45, 7) is 10.8. The van der Waals surface area contributed by atoms with Crippen LogP contribution >= 0.6 is 0 Å². The number of aliphatic hydroxyl groups excluding tert-OH is 1. The summed E-state index contributed by atoms with van der Waals surface area (Å²) >= 11 is 0. The van der Waals surface area contributed by atoms with Gasteiger partial charge in [-0.2, -0.15) is 0 Å².